The molecule has 1 aliphatic carbocycles. The molecular formula is C14H16O2. The van der Waals surface area contributed by atoms with E-state index in [9.17, 15) is 9.59 Å². The highest BCUT2D eigenvalue weighted by Crippen LogP contribution is 2.25. The monoisotopic (exact) mass is 216 g/mol. The van der Waals surface area contributed by atoms with Gasteiger partial charge in [0.1, 0.15) is 5.78 Å². The van der Waals surface area contributed by atoms with Gasteiger partial charge in [-0.2, -0.15) is 0 Å². The highest BCUT2D eigenvalue weighted by Gasteiger charge is 2.24. The molecule has 0 aromatic heterocycles. The van der Waals surface area contributed by atoms with Gasteiger partial charge in [-0.15, -0.1) is 0 Å². The molecule has 0 saturated heterocycles. The molecule has 2 rings (SSSR count). The van der Waals surface area contributed by atoms with Gasteiger partial charge in [0.2, 0.25) is 0 Å². The topological polar surface area (TPSA) is 34.1 Å². The van der Waals surface area contributed by atoms with Crippen molar-refractivity contribution in [2.75, 3.05) is 0 Å². The first-order chi connectivity index (χ1) is 7.77. The van der Waals surface area contributed by atoms with E-state index in [-0.39, 0.29) is 11.7 Å². The SMILES string of the molecule is O=C(CC[C@H]1CCCC1=O)c1ccccc1. The van der Waals surface area contributed by atoms with E-state index in [0.29, 0.717) is 18.6 Å². The first-order valence-electron chi connectivity index (χ1n) is 5.88. The van der Waals surface area contributed by atoms with Crippen LogP contribution < -0.4 is 0 Å². The maximum absolute atomic E-state index is 11.8. The van der Waals surface area contributed by atoms with Gasteiger partial charge in [-0.05, 0) is 19.3 Å². The zero-order valence-corrected chi connectivity index (χ0v) is 9.32. The van der Waals surface area contributed by atoms with Crippen LogP contribution in [0.3, 0.4) is 0 Å². The molecule has 0 bridgehead atoms. The van der Waals surface area contributed by atoms with Crippen LogP contribution in [-0.2, 0) is 4.79 Å². The predicted molar refractivity (Wildman–Crippen MR) is 62.4 cm³/mol. The van der Waals surface area contributed by atoms with Crippen LogP contribution in [0.1, 0.15) is 42.5 Å². The smallest absolute Gasteiger partial charge is 0.162 e. The molecule has 1 aliphatic rings. The summed E-state index contributed by atoms with van der Waals surface area (Å²) >= 11 is 0. The molecule has 2 nitrogen and oxygen atoms in total. The molecule has 0 N–H and O–H groups in total. The van der Waals surface area contributed by atoms with Crippen molar-refractivity contribution in [3.05, 3.63) is 35.9 Å². The van der Waals surface area contributed by atoms with Crippen LogP contribution in [0.15, 0.2) is 30.3 Å². The third kappa shape index (κ3) is 2.57. The van der Waals surface area contributed by atoms with Crippen molar-refractivity contribution in [2.45, 2.75) is 32.1 Å². The lowest BCUT2D eigenvalue weighted by Crippen LogP contribution is -2.09. The van der Waals surface area contributed by atoms with Crippen LogP contribution in [-0.4, -0.2) is 11.6 Å². The van der Waals surface area contributed by atoms with Crippen molar-refractivity contribution in [1.29, 1.82) is 0 Å². The lowest BCUT2D eigenvalue weighted by molar-refractivity contribution is -0.120. The van der Waals surface area contributed by atoms with E-state index in [0.717, 1.165) is 24.8 Å². The van der Waals surface area contributed by atoms with Crippen molar-refractivity contribution in [3.8, 4) is 0 Å². The average Bonchev–Trinajstić information content (AvgIpc) is 2.73. The van der Waals surface area contributed by atoms with Gasteiger partial charge in [0.05, 0.1) is 0 Å². The highest BCUT2D eigenvalue weighted by molar-refractivity contribution is 5.96. The van der Waals surface area contributed by atoms with Gasteiger partial charge in [-0.3, -0.25) is 9.59 Å². The Balaban J connectivity index is 1.87. The van der Waals surface area contributed by atoms with Gasteiger partial charge < -0.3 is 0 Å². The Morgan fingerprint density at radius 1 is 1.25 bits per heavy atom. The molecule has 1 aromatic carbocycles. The fourth-order valence-electron chi connectivity index (χ4n) is 2.27. The molecule has 0 amide bonds. The van der Waals surface area contributed by atoms with E-state index in [4.69, 9.17) is 0 Å². The number of benzene rings is 1. The minimum Gasteiger partial charge on any atom is -0.299 e. The van der Waals surface area contributed by atoms with Gasteiger partial charge >= 0.3 is 0 Å². The van der Waals surface area contributed by atoms with E-state index in [1.165, 1.54) is 0 Å². The molecule has 2 heteroatoms. The summed E-state index contributed by atoms with van der Waals surface area (Å²) in [5.74, 6) is 0.647. The number of ketones is 2. The highest BCUT2D eigenvalue weighted by atomic mass is 16.1. The fraction of sp³-hybridized carbons (Fsp3) is 0.429. The molecule has 0 heterocycles. The van der Waals surface area contributed by atoms with Gasteiger partial charge in [0, 0.05) is 24.3 Å². The Hall–Kier alpha value is -1.44. The lowest BCUT2D eigenvalue weighted by atomic mass is 9.97. The first kappa shape index (κ1) is 11.1. The summed E-state index contributed by atoms with van der Waals surface area (Å²) in [5, 5.41) is 0. The minimum atomic E-state index is 0.146. The summed E-state index contributed by atoms with van der Waals surface area (Å²) in [5.41, 5.74) is 0.757. The van der Waals surface area contributed by atoms with E-state index < -0.39 is 0 Å². The standard InChI is InChI=1S/C14H16O2/c15-13-8-4-7-12(13)9-10-14(16)11-5-2-1-3-6-11/h1-3,5-6,12H,4,7-10H2/t12-/m1/s1. The van der Waals surface area contributed by atoms with Crippen LogP contribution >= 0.6 is 0 Å². The third-order valence-corrected chi connectivity index (χ3v) is 3.25. The molecule has 0 unspecified atom stereocenters. The molecular weight excluding hydrogens is 200 g/mol. The fourth-order valence-corrected chi connectivity index (χ4v) is 2.27. The number of carbonyl (C=O) groups is 2. The van der Waals surface area contributed by atoms with Crippen LogP contribution in [0.4, 0.5) is 0 Å². The summed E-state index contributed by atoms with van der Waals surface area (Å²) < 4.78 is 0. The molecule has 1 atom stereocenters. The van der Waals surface area contributed by atoms with Gasteiger partial charge in [-0.25, -0.2) is 0 Å². The Morgan fingerprint density at radius 3 is 2.62 bits per heavy atom. The molecule has 16 heavy (non-hydrogen) atoms. The largest absolute Gasteiger partial charge is 0.299 e. The molecule has 1 fully saturated rings. The van der Waals surface area contributed by atoms with Crippen LogP contribution in [0.25, 0.3) is 0 Å². The Labute approximate surface area is 95.7 Å². The number of Topliss-reactive ketones (excluding diaryl/α,β-unsaturated/α-hetero) is 2. The van der Waals surface area contributed by atoms with Crippen molar-refractivity contribution in [2.24, 2.45) is 5.92 Å². The van der Waals surface area contributed by atoms with Crippen molar-refractivity contribution in [3.63, 3.8) is 0 Å². The van der Waals surface area contributed by atoms with Crippen molar-refractivity contribution >= 4 is 11.6 Å². The lowest BCUT2D eigenvalue weighted by Gasteiger charge is -2.06. The van der Waals surface area contributed by atoms with Gasteiger partial charge in [0.15, 0.2) is 5.78 Å². The third-order valence-electron chi connectivity index (χ3n) is 3.25. The van der Waals surface area contributed by atoms with Gasteiger partial charge in [-0.1, -0.05) is 30.3 Å². The zero-order valence-electron chi connectivity index (χ0n) is 9.32. The normalized spacial score (nSPS) is 20.0. The molecule has 84 valence electrons. The molecule has 1 aromatic rings. The molecule has 1 saturated carbocycles. The second-order valence-corrected chi connectivity index (χ2v) is 4.38. The Morgan fingerprint density at radius 2 is 2.00 bits per heavy atom. The maximum atomic E-state index is 11.8. The van der Waals surface area contributed by atoms with E-state index >= 15 is 0 Å². The first-order valence-corrected chi connectivity index (χ1v) is 5.88. The van der Waals surface area contributed by atoms with Gasteiger partial charge in [0.25, 0.3) is 0 Å². The second kappa shape index (κ2) is 5.06. The maximum Gasteiger partial charge on any atom is 0.162 e. The zero-order chi connectivity index (χ0) is 11.4. The van der Waals surface area contributed by atoms with Crippen molar-refractivity contribution in [1.82, 2.24) is 0 Å². The number of rotatable bonds is 4. The molecule has 0 radical (unpaired) electrons. The van der Waals surface area contributed by atoms with E-state index in [1.807, 2.05) is 30.3 Å². The summed E-state index contributed by atoms with van der Waals surface area (Å²) in [6.45, 7) is 0. The molecule has 0 spiro atoms. The summed E-state index contributed by atoms with van der Waals surface area (Å²) in [4.78, 5) is 23.2. The molecule has 0 aliphatic heterocycles. The van der Waals surface area contributed by atoms with Crippen LogP contribution in [0, 0.1) is 5.92 Å². The quantitative estimate of drug-likeness (QED) is 0.725. The van der Waals surface area contributed by atoms with Crippen LogP contribution in [0.5, 0.6) is 0 Å². The Kier molecular flexibility index (Phi) is 3.50. The number of carbonyl (C=O) groups excluding carboxylic acids is 2. The van der Waals surface area contributed by atoms with E-state index in [1.54, 1.807) is 0 Å². The Bertz CT molecular complexity index is 381. The average molecular weight is 216 g/mol. The summed E-state index contributed by atoms with van der Waals surface area (Å²) in [6.07, 6.45) is 3.92. The number of hydrogen-bond donors (Lipinski definition) is 0. The minimum absolute atomic E-state index is 0.146. The summed E-state index contributed by atoms with van der Waals surface area (Å²) in [6, 6.07) is 9.30. The second-order valence-electron chi connectivity index (χ2n) is 4.38. The van der Waals surface area contributed by atoms with Crippen LogP contribution in [0.2, 0.25) is 0 Å². The summed E-state index contributed by atoms with van der Waals surface area (Å²) in [7, 11) is 0. The van der Waals surface area contributed by atoms with Crippen molar-refractivity contribution < 1.29 is 9.59 Å². The number of hydrogen-bond acceptors (Lipinski definition) is 2. The van der Waals surface area contributed by atoms with E-state index in [2.05, 4.69) is 0 Å². The predicted octanol–water partition coefficient (Wildman–Crippen LogP) is 3.02.